The Labute approximate surface area is 283 Å². The van der Waals surface area contributed by atoms with E-state index in [2.05, 4.69) is 60.0 Å². The number of hydrogen-bond donors (Lipinski definition) is 0. The van der Waals surface area contributed by atoms with Gasteiger partial charge in [-0.05, 0) is 86.4 Å². The van der Waals surface area contributed by atoms with Gasteiger partial charge in [0.15, 0.2) is 0 Å². The molecule has 0 fully saturated rings. The first-order valence-electron chi connectivity index (χ1n) is 17.3. The van der Waals surface area contributed by atoms with Crippen LogP contribution in [-0.4, -0.2) is 75.3 Å². The molecule has 0 saturated carbocycles. The summed E-state index contributed by atoms with van der Waals surface area (Å²) in [5, 5.41) is 21.3. The van der Waals surface area contributed by atoms with E-state index in [9.17, 15) is 23.2 Å². The Morgan fingerprint density at radius 2 is 0.809 bits per heavy atom. The van der Waals surface area contributed by atoms with Crippen LogP contribution in [0.25, 0.3) is 0 Å². The van der Waals surface area contributed by atoms with Crippen LogP contribution in [0.2, 0.25) is 0 Å². The summed E-state index contributed by atoms with van der Waals surface area (Å²) in [6.07, 6.45) is 0.125. The standard InChI is InChI=1S/C22H18BF3O3.2C8H20N/c24-19-11-4-1-8-16(19)22(14-7-15-29-23(27)28,17-9-2-5-12-20(17)25)18-10-3-6-13-21(18)26;2*1-5-9(6-2,7-3)8-4/h1-6,8-13H,7,14-15H2;2*5-8H2,1-4H3/q-2;2*+1. The Morgan fingerprint density at radius 1 is 0.532 bits per heavy atom. The first kappa shape index (κ1) is 42.3. The number of nitrogens with zero attached hydrogens (tertiary/aromatic N) is 2. The van der Waals surface area contributed by atoms with E-state index in [-0.39, 0.29) is 36.1 Å². The van der Waals surface area contributed by atoms with Gasteiger partial charge in [-0.15, -0.1) is 0 Å². The molecule has 0 aromatic heterocycles. The topological polar surface area (TPSA) is 55.3 Å². The van der Waals surface area contributed by atoms with E-state index in [0.29, 0.717) is 0 Å². The van der Waals surface area contributed by atoms with Crippen molar-refractivity contribution >= 4 is 7.32 Å². The maximum Gasteiger partial charge on any atom is 0.127 e. The van der Waals surface area contributed by atoms with Crippen molar-refractivity contribution in [2.45, 2.75) is 73.6 Å². The normalized spacial score (nSPS) is 11.7. The van der Waals surface area contributed by atoms with Crippen molar-refractivity contribution in [2.75, 3.05) is 59.0 Å². The summed E-state index contributed by atoms with van der Waals surface area (Å²) in [4.78, 5) is 0. The Bertz CT molecular complexity index is 1120. The molecule has 3 aromatic carbocycles. The van der Waals surface area contributed by atoms with Gasteiger partial charge in [-0.1, -0.05) is 54.6 Å². The van der Waals surface area contributed by atoms with Gasteiger partial charge >= 0.3 is 0 Å². The van der Waals surface area contributed by atoms with Crippen molar-refractivity contribution in [3.63, 3.8) is 0 Å². The molecule has 0 atom stereocenters. The highest BCUT2D eigenvalue weighted by Gasteiger charge is 2.41. The zero-order valence-electron chi connectivity index (χ0n) is 30.0. The van der Waals surface area contributed by atoms with E-state index in [1.807, 2.05) is 0 Å². The van der Waals surface area contributed by atoms with Crippen LogP contribution in [0, 0.1) is 17.5 Å². The fourth-order valence-corrected chi connectivity index (χ4v) is 6.46. The number of hydrogen-bond acceptors (Lipinski definition) is 3. The molecule has 0 aliphatic heterocycles. The largest absolute Gasteiger partial charge is 0.871 e. The Kier molecular flexibility index (Phi) is 19.2. The average Bonchev–Trinajstić information content (AvgIpc) is 3.09. The van der Waals surface area contributed by atoms with Crippen LogP contribution in [0.1, 0.15) is 84.9 Å². The molecule has 0 N–H and O–H groups in total. The molecule has 262 valence electrons. The zero-order valence-corrected chi connectivity index (χ0v) is 30.0. The molecule has 0 aliphatic carbocycles. The molecule has 3 aromatic rings. The molecule has 47 heavy (non-hydrogen) atoms. The van der Waals surface area contributed by atoms with Crippen LogP contribution >= 0.6 is 0 Å². The van der Waals surface area contributed by atoms with Gasteiger partial charge in [0.25, 0.3) is 0 Å². The quantitative estimate of drug-likeness (QED) is 0.0745. The van der Waals surface area contributed by atoms with Crippen LogP contribution in [-0.2, 0) is 10.1 Å². The van der Waals surface area contributed by atoms with Crippen LogP contribution in [0.3, 0.4) is 0 Å². The highest BCUT2D eigenvalue weighted by atomic mass is 19.1. The molecule has 0 amide bonds. The third-order valence-electron chi connectivity index (χ3n) is 10.3. The zero-order chi connectivity index (χ0) is 35.5. The molecule has 3 rings (SSSR count). The van der Waals surface area contributed by atoms with Gasteiger partial charge in [0, 0.05) is 23.3 Å². The number of quaternary nitrogens is 2. The Balaban J connectivity index is 0.000000504. The lowest BCUT2D eigenvalue weighted by molar-refractivity contribution is -0.921. The predicted molar refractivity (Wildman–Crippen MR) is 185 cm³/mol. The van der Waals surface area contributed by atoms with Crippen LogP contribution in [0.4, 0.5) is 13.2 Å². The van der Waals surface area contributed by atoms with Crippen LogP contribution < -0.4 is 10.0 Å². The van der Waals surface area contributed by atoms with Gasteiger partial charge in [0.1, 0.15) is 17.5 Å². The van der Waals surface area contributed by atoms with E-state index < -0.39 is 30.2 Å². The fraction of sp³-hybridized carbons (Fsp3) is 0.526. The van der Waals surface area contributed by atoms with E-state index >= 15 is 0 Å². The maximum absolute atomic E-state index is 15.0. The minimum absolute atomic E-state index is 0.0164. The summed E-state index contributed by atoms with van der Waals surface area (Å²) in [6.45, 7) is 28.2. The van der Waals surface area contributed by atoms with Gasteiger partial charge < -0.3 is 23.7 Å². The molecule has 0 radical (unpaired) electrons. The first-order chi connectivity index (χ1) is 22.4. The van der Waals surface area contributed by atoms with Crippen molar-refractivity contribution in [1.82, 2.24) is 0 Å². The summed E-state index contributed by atoms with van der Waals surface area (Å²) in [6, 6.07) is 17.4. The third kappa shape index (κ3) is 11.5. The van der Waals surface area contributed by atoms with E-state index in [0.717, 1.165) is 0 Å². The lowest BCUT2D eigenvalue weighted by Gasteiger charge is -2.37. The highest BCUT2D eigenvalue weighted by Crippen LogP contribution is 2.46. The molecule has 0 heterocycles. The average molecular weight is 659 g/mol. The molecule has 0 bridgehead atoms. The Morgan fingerprint density at radius 3 is 1.02 bits per heavy atom. The molecule has 9 heteroatoms. The van der Waals surface area contributed by atoms with E-state index in [4.69, 9.17) is 0 Å². The molecule has 5 nitrogen and oxygen atoms in total. The third-order valence-corrected chi connectivity index (χ3v) is 10.3. The monoisotopic (exact) mass is 658 g/mol. The SMILES string of the molecule is CC[N+](CC)(CC)CC.CC[N+](CC)(CC)CC.[O-]B([O-])OCCCC(c1ccccc1F)(c1ccccc1F)c1ccccc1F. The second kappa shape index (κ2) is 21.3. The maximum atomic E-state index is 15.0. The van der Waals surface area contributed by atoms with Crippen molar-refractivity contribution in [2.24, 2.45) is 0 Å². The minimum atomic E-state index is -2.46. The number of rotatable bonds is 16. The summed E-state index contributed by atoms with van der Waals surface area (Å²) >= 11 is 0. The van der Waals surface area contributed by atoms with E-state index in [1.54, 1.807) is 18.2 Å². The van der Waals surface area contributed by atoms with Crippen molar-refractivity contribution in [3.05, 3.63) is 107 Å². The van der Waals surface area contributed by atoms with Gasteiger partial charge in [-0.2, -0.15) is 0 Å². The van der Waals surface area contributed by atoms with Crippen molar-refractivity contribution < 1.29 is 36.8 Å². The second-order valence-electron chi connectivity index (χ2n) is 11.8. The number of halogens is 3. The molecule has 0 unspecified atom stereocenters. The van der Waals surface area contributed by atoms with Gasteiger partial charge in [-0.3, -0.25) is 0 Å². The lowest BCUT2D eigenvalue weighted by Crippen LogP contribution is -2.48. The van der Waals surface area contributed by atoms with Gasteiger partial charge in [-0.25, -0.2) is 13.2 Å². The highest BCUT2D eigenvalue weighted by molar-refractivity contribution is 6.28. The van der Waals surface area contributed by atoms with Crippen molar-refractivity contribution in [1.29, 1.82) is 0 Å². The van der Waals surface area contributed by atoms with Gasteiger partial charge in [0.2, 0.25) is 0 Å². The van der Waals surface area contributed by atoms with Crippen LogP contribution in [0.15, 0.2) is 72.8 Å². The minimum Gasteiger partial charge on any atom is -0.871 e. The fourth-order valence-electron chi connectivity index (χ4n) is 6.46. The summed E-state index contributed by atoms with van der Waals surface area (Å²) in [5.41, 5.74) is -1.24. The summed E-state index contributed by atoms with van der Waals surface area (Å²) < 4.78 is 52.0. The molecular formula is C38H58BF3N2O3. The summed E-state index contributed by atoms with van der Waals surface area (Å²) in [7, 11) is -2.46. The van der Waals surface area contributed by atoms with Gasteiger partial charge in [0.05, 0.1) is 65.1 Å². The molecule has 0 aliphatic rings. The first-order valence-corrected chi connectivity index (χ1v) is 17.3. The lowest BCUT2D eigenvalue weighted by atomic mass is 9.66. The molecular weight excluding hydrogens is 600 g/mol. The second-order valence-corrected chi connectivity index (χ2v) is 11.8. The molecule has 0 saturated heterocycles. The van der Waals surface area contributed by atoms with Crippen LogP contribution in [0.5, 0.6) is 0 Å². The Hall–Kier alpha value is -2.69. The van der Waals surface area contributed by atoms with Crippen molar-refractivity contribution in [3.8, 4) is 0 Å². The number of benzene rings is 3. The smallest absolute Gasteiger partial charge is 0.127 e. The van der Waals surface area contributed by atoms with E-state index in [1.165, 1.54) is 116 Å². The summed E-state index contributed by atoms with van der Waals surface area (Å²) in [5.74, 6) is -1.86. The predicted octanol–water partition coefficient (Wildman–Crippen LogP) is 6.71. The molecule has 0 spiro atoms.